The number of nitrogens with one attached hydrogen (secondary N) is 1. The van der Waals surface area contributed by atoms with Crippen LogP contribution in [0.5, 0.6) is 5.75 Å². The Morgan fingerprint density at radius 1 is 1.10 bits per heavy atom. The SMILES string of the molecule is O=C(O)Cc1cc2cc(OCc3ccccc3)ccc2[nH]1. The molecule has 0 fully saturated rings. The van der Waals surface area contributed by atoms with E-state index >= 15 is 0 Å². The number of H-pyrrole nitrogens is 1. The molecule has 0 saturated heterocycles. The van der Waals surface area contributed by atoms with Crippen molar-refractivity contribution in [3.63, 3.8) is 0 Å². The third-order valence-corrected chi connectivity index (χ3v) is 3.24. The van der Waals surface area contributed by atoms with Crippen molar-refractivity contribution in [3.8, 4) is 5.75 Å². The van der Waals surface area contributed by atoms with E-state index in [0.29, 0.717) is 12.3 Å². The molecule has 3 aromatic rings. The molecule has 1 heterocycles. The molecular weight excluding hydrogens is 266 g/mol. The van der Waals surface area contributed by atoms with E-state index < -0.39 is 5.97 Å². The molecule has 0 saturated carbocycles. The zero-order chi connectivity index (χ0) is 14.7. The van der Waals surface area contributed by atoms with Crippen molar-refractivity contribution in [2.24, 2.45) is 0 Å². The summed E-state index contributed by atoms with van der Waals surface area (Å²) in [6.45, 7) is 0.513. The second kappa shape index (κ2) is 5.71. The van der Waals surface area contributed by atoms with Crippen LogP contribution in [0.2, 0.25) is 0 Å². The van der Waals surface area contributed by atoms with Crippen LogP contribution in [0.15, 0.2) is 54.6 Å². The first-order valence-electron chi connectivity index (χ1n) is 6.71. The molecule has 1 aromatic heterocycles. The largest absolute Gasteiger partial charge is 0.489 e. The van der Waals surface area contributed by atoms with Gasteiger partial charge in [-0.1, -0.05) is 30.3 Å². The number of ether oxygens (including phenoxy) is 1. The van der Waals surface area contributed by atoms with Crippen molar-refractivity contribution in [2.45, 2.75) is 13.0 Å². The Kier molecular flexibility index (Phi) is 3.60. The lowest BCUT2D eigenvalue weighted by Crippen LogP contribution is -1.99. The number of carboxylic acid groups (broad SMARTS) is 1. The minimum Gasteiger partial charge on any atom is -0.489 e. The van der Waals surface area contributed by atoms with Gasteiger partial charge in [0.15, 0.2) is 0 Å². The van der Waals surface area contributed by atoms with Crippen molar-refractivity contribution in [3.05, 3.63) is 65.9 Å². The van der Waals surface area contributed by atoms with E-state index in [1.54, 1.807) is 0 Å². The van der Waals surface area contributed by atoms with Gasteiger partial charge in [-0.15, -0.1) is 0 Å². The zero-order valence-corrected chi connectivity index (χ0v) is 11.4. The molecule has 0 bridgehead atoms. The van der Waals surface area contributed by atoms with Gasteiger partial charge in [0.1, 0.15) is 12.4 Å². The van der Waals surface area contributed by atoms with E-state index in [2.05, 4.69) is 4.98 Å². The van der Waals surface area contributed by atoms with Gasteiger partial charge in [-0.25, -0.2) is 0 Å². The van der Waals surface area contributed by atoms with Crippen LogP contribution in [0.25, 0.3) is 10.9 Å². The number of hydrogen-bond acceptors (Lipinski definition) is 2. The summed E-state index contributed by atoms with van der Waals surface area (Å²) in [5.41, 5.74) is 2.72. The maximum Gasteiger partial charge on any atom is 0.309 e. The highest BCUT2D eigenvalue weighted by Crippen LogP contribution is 2.22. The number of benzene rings is 2. The first kappa shape index (κ1) is 13.2. The van der Waals surface area contributed by atoms with Gasteiger partial charge in [0.05, 0.1) is 6.42 Å². The lowest BCUT2D eigenvalue weighted by atomic mass is 10.2. The summed E-state index contributed by atoms with van der Waals surface area (Å²) in [5.74, 6) is -0.0747. The summed E-state index contributed by atoms with van der Waals surface area (Å²) in [4.78, 5) is 13.8. The predicted octanol–water partition coefficient (Wildman–Crippen LogP) is 3.37. The van der Waals surface area contributed by atoms with Crippen LogP contribution in [0.4, 0.5) is 0 Å². The minimum atomic E-state index is -0.845. The third-order valence-electron chi connectivity index (χ3n) is 3.24. The Bertz CT molecular complexity index is 762. The lowest BCUT2D eigenvalue weighted by molar-refractivity contribution is -0.136. The molecule has 4 nitrogen and oxygen atoms in total. The van der Waals surface area contributed by atoms with E-state index in [4.69, 9.17) is 9.84 Å². The van der Waals surface area contributed by atoms with Crippen LogP contribution in [0, 0.1) is 0 Å². The van der Waals surface area contributed by atoms with Crippen LogP contribution in [-0.2, 0) is 17.8 Å². The number of rotatable bonds is 5. The monoisotopic (exact) mass is 281 g/mol. The molecule has 2 aromatic carbocycles. The van der Waals surface area contributed by atoms with E-state index in [9.17, 15) is 4.79 Å². The van der Waals surface area contributed by atoms with Crippen molar-refractivity contribution >= 4 is 16.9 Å². The lowest BCUT2D eigenvalue weighted by Gasteiger charge is -2.06. The van der Waals surface area contributed by atoms with Gasteiger partial charge >= 0.3 is 5.97 Å². The van der Waals surface area contributed by atoms with Crippen molar-refractivity contribution in [1.29, 1.82) is 0 Å². The van der Waals surface area contributed by atoms with Crippen LogP contribution in [0.3, 0.4) is 0 Å². The number of carbonyl (C=O) groups is 1. The molecule has 4 heteroatoms. The van der Waals surface area contributed by atoms with Gasteiger partial charge in [-0.3, -0.25) is 4.79 Å². The van der Waals surface area contributed by atoms with Crippen molar-refractivity contribution < 1.29 is 14.6 Å². The van der Waals surface area contributed by atoms with E-state index in [-0.39, 0.29) is 6.42 Å². The first-order valence-corrected chi connectivity index (χ1v) is 6.71. The number of hydrogen-bond donors (Lipinski definition) is 2. The van der Waals surface area contributed by atoms with Crippen LogP contribution in [-0.4, -0.2) is 16.1 Å². The number of aromatic nitrogens is 1. The molecule has 0 aliphatic carbocycles. The van der Waals surface area contributed by atoms with E-state index in [1.165, 1.54) is 0 Å². The molecule has 21 heavy (non-hydrogen) atoms. The highest BCUT2D eigenvalue weighted by atomic mass is 16.5. The Labute approximate surface area is 122 Å². The molecule has 0 spiro atoms. The number of aromatic amines is 1. The molecule has 3 rings (SSSR count). The summed E-state index contributed by atoms with van der Waals surface area (Å²) in [6, 6.07) is 17.5. The van der Waals surface area contributed by atoms with Gasteiger partial charge in [0.2, 0.25) is 0 Å². The van der Waals surface area contributed by atoms with E-state index in [0.717, 1.165) is 22.2 Å². The quantitative estimate of drug-likeness (QED) is 0.753. The minimum absolute atomic E-state index is 0.00507. The van der Waals surface area contributed by atoms with Gasteiger partial charge in [0, 0.05) is 16.6 Å². The predicted molar refractivity (Wildman–Crippen MR) is 80.4 cm³/mol. The van der Waals surface area contributed by atoms with Gasteiger partial charge in [-0.05, 0) is 29.8 Å². The molecular formula is C17H15NO3. The standard InChI is InChI=1S/C17H15NO3/c19-17(20)10-14-8-13-9-15(6-7-16(13)18-14)21-11-12-4-2-1-3-5-12/h1-9,18H,10-11H2,(H,19,20). The third kappa shape index (κ3) is 3.23. The fourth-order valence-electron chi connectivity index (χ4n) is 2.26. The second-order valence-corrected chi connectivity index (χ2v) is 4.89. The molecule has 0 aliphatic heterocycles. The number of aliphatic carboxylic acids is 1. The Morgan fingerprint density at radius 2 is 1.90 bits per heavy atom. The Morgan fingerprint density at radius 3 is 2.67 bits per heavy atom. The Hall–Kier alpha value is -2.75. The molecule has 106 valence electrons. The smallest absolute Gasteiger partial charge is 0.309 e. The maximum absolute atomic E-state index is 10.7. The van der Waals surface area contributed by atoms with Crippen molar-refractivity contribution in [2.75, 3.05) is 0 Å². The first-order chi connectivity index (χ1) is 10.2. The second-order valence-electron chi connectivity index (χ2n) is 4.89. The average Bonchev–Trinajstić information content (AvgIpc) is 2.86. The summed E-state index contributed by atoms with van der Waals surface area (Å²) in [7, 11) is 0. The van der Waals surface area contributed by atoms with E-state index in [1.807, 2.05) is 54.6 Å². The molecule has 0 aliphatic rings. The van der Waals surface area contributed by atoms with Gasteiger partial charge in [0.25, 0.3) is 0 Å². The average molecular weight is 281 g/mol. The van der Waals surface area contributed by atoms with Crippen molar-refractivity contribution in [1.82, 2.24) is 4.98 Å². The molecule has 0 atom stereocenters. The number of carboxylic acids is 1. The van der Waals surface area contributed by atoms with Crippen LogP contribution < -0.4 is 4.74 Å². The summed E-state index contributed by atoms with van der Waals surface area (Å²) >= 11 is 0. The molecule has 0 radical (unpaired) electrons. The molecule has 2 N–H and O–H groups in total. The molecule has 0 unspecified atom stereocenters. The highest BCUT2D eigenvalue weighted by Gasteiger charge is 2.06. The molecule has 0 amide bonds. The van der Waals surface area contributed by atoms with Gasteiger partial charge < -0.3 is 14.8 Å². The van der Waals surface area contributed by atoms with Gasteiger partial charge in [-0.2, -0.15) is 0 Å². The summed E-state index contributed by atoms with van der Waals surface area (Å²) in [6.07, 6.45) is -0.00507. The fraction of sp³-hybridized carbons (Fsp3) is 0.118. The Balaban J connectivity index is 1.76. The summed E-state index contributed by atoms with van der Waals surface area (Å²) in [5, 5.41) is 9.77. The highest BCUT2D eigenvalue weighted by molar-refractivity contribution is 5.83. The van der Waals surface area contributed by atoms with Crippen LogP contribution in [0.1, 0.15) is 11.3 Å². The fourth-order valence-corrected chi connectivity index (χ4v) is 2.26. The zero-order valence-electron chi connectivity index (χ0n) is 11.4. The maximum atomic E-state index is 10.7. The normalized spacial score (nSPS) is 10.7. The number of fused-ring (bicyclic) bond motifs is 1. The summed E-state index contributed by atoms with van der Waals surface area (Å²) < 4.78 is 5.76. The topological polar surface area (TPSA) is 62.3 Å². The van der Waals surface area contributed by atoms with Crippen LogP contribution >= 0.6 is 0 Å².